The van der Waals surface area contributed by atoms with Crippen molar-refractivity contribution in [1.29, 1.82) is 0 Å². The van der Waals surface area contributed by atoms with Crippen molar-refractivity contribution in [3.63, 3.8) is 0 Å². The highest BCUT2D eigenvalue weighted by atomic mass is 31.2. The van der Waals surface area contributed by atoms with Gasteiger partial charge in [-0.25, -0.2) is 4.52 Å². The summed E-state index contributed by atoms with van der Waals surface area (Å²) >= 11 is 0. The molecule has 1 aromatic rings. The fourth-order valence-electron chi connectivity index (χ4n) is 2.48. The van der Waals surface area contributed by atoms with E-state index in [4.69, 9.17) is 4.52 Å². The number of hydrogen-bond acceptors (Lipinski definition) is 1. The molecule has 0 fully saturated rings. The zero-order valence-electron chi connectivity index (χ0n) is 13.6. The van der Waals surface area contributed by atoms with Crippen molar-refractivity contribution in [2.45, 2.75) is 59.3 Å². The highest BCUT2D eigenvalue weighted by Crippen LogP contribution is 2.60. The first kappa shape index (κ1) is 17.7. The Morgan fingerprint density at radius 3 is 1.85 bits per heavy atom. The van der Waals surface area contributed by atoms with E-state index in [0.717, 1.165) is 6.61 Å². The highest BCUT2D eigenvalue weighted by molar-refractivity contribution is 7.78. The second kappa shape index (κ2) is 10.4. The lowest BCUT2D eigenvalue weighted by atomic mass is 10.4. The van der Waals surface area contributed by atoms with Gasteiger partial charge >= 0.3 is 0 Å². The molecule has 0 unspecified atom stereocenters. The summed E-state index contributed by atoms with van der Waals surface area (Å²) in [5, 5.41) is 1.48. The number of hydrogen-bond donors (Lipinski definition) is 0. The number of benzene rings is 1. The predicted octanol–water partition coefficient (Wildman–Crippen LogP) is 5.66. The normalized spacial score (nSPS) is 11.8. The SMILES string of the molecule is CCCCO[P+](CCCC)(CCCC)c1ccccc1. The van der Waals surface area contributed by atoms with Gasteiger partial charge in [-0.15, -0.1) is 0 Å². The summed E-state index contributed by atoms with van der Waals surface area (Å²) in [7, 11) is -1.41. The molecule has 0 saturated carbocycles. The Kier molecular flexibility index (Phi) is 9.14. The predicted molar refractivity (Wildman–Crippen MR) is 93.4 cm³/mol. The van der Waals surface area contributed by atoms with Gasteiger partial charge in [-0.3, -0.25) is 0 Å². The first-order valence-corrected chi connectivity index (χ1v) is 10.4. The molecule has 0 amide bonds. The maximum absolute atomic E-state index is 6.57. The Hall–Kier alpha value is -0.390. The van der Waals surface area contributed by atoms with E-state index in [2.05, 4.69) is 51.1 Å². The van der Waals surface area contributed by atoms with Gasteiger partial charge < -0.3 is 0 Å². The van der Waals surface area contributed by atoms with Gasteiger partial charge in [0.1, 0.15) is 5.30 Å². The molecule has 1 rings (SSSR count). The van der Waals surface area contributed by atoms with Crippen molar-refractivity contribution in [1.82, 2.24) is 0 Å². The largest absolute Gasteiger partial charge is 0.233 e. The molecule has 0 aliphatic heterocycles. The van der Waals surface area contributed by atoms with Crippen LogP contribution < -0.4 is 5.30 Å². The Balaban J connectivity index is 2.90. The Bertz CT molecular complexity index is 329. The van der Waals surface area contributed by atoms with Gasteiger partial charge in [0, 0.05) is 0 Å². The second-order valence-electron chi connectivity index (χ2n) is 5.57. The molecule has 1 aromatic carbocycles. The van der Waals surface area contributed by atoms with Crippen LogP contribution in [0.3, 0.4) is 0 Å². The van der Waals surface area contributed by atoms with Crippen LogP contribution in [0.25, 0.3) is 0 Å². The maximum atomic E-state index is 6.57. The van der Waals surface area contributed by atoms with E-state index in [0.29, 0.717) is 0 Å². The van der Waals surface area contributed by atoms with Crippen LogP contribution in [-0.4, -0.2) is 18.9 Å². The monoisotopic (exact) mass is 295 g/mol. The molecule has 0 spiro atoms. The molecule has 0 aliphatic rings. The van der Waals surface area contributed by atoms with Crippen molar-refractivity contribution in [3.05, 3.63) is 30.3 Å². The van der Waals surface area contributed by atoms with E-state index in [-0.39, 0.29) is 0 Å². The average Bonchev–Trinajstić information content (AvgIpc) is 2.51. The minimum absolute atomic E-state index is 0.937. The van der Waals surface area contributed by atoms with Crippen molar-refractivity contribution in [3.8, 4) is 0 Å². The summed E-state index contributed by atoms with van der Waals surface area (Å²) in [6, 6.07) is 11.1. The topological polar surface area (TPSA) is 9.23 Å². The Morgan fingerprint density at radius 2 is 1.35 bits per heavy atom. The fraction of sp³-hybridized carbons (Fsp3) is 0.667. The van der Waals surface area contributed by atoms with E-state index in [1.807, 2.05) is 0 Å². The first-order valence-electron chi connectivity index (χ1n) is 8.36. The van der Waals surface area contributed by atoms with Crippen LogP contribution in [0.2, 0.25) is 0 Å². The van der Waals surface area contributed by atoms with Gasteiger partial charge in [-0.1, -0.05) is 58.2 Å². The lowest BCUT2D eigenvalue weighted by molar-refractivity contribution is 0.333. The number of unbranched alkanes of at least 4 members (excludes halogenated alkanes) is 3. The van der Waals surface area contributed by atoms with Gasteiger partial charge in [0.25, 0.3) is 0 Å². The van der Waals surface area contributed by atoms with Crippen molar-refractivity contribution in [2.24, 2.45) is 0 Å². The summed E-state index contributed by atoms with van der Waals surface area (Å²) in [6.07, 6.45) is 10.0. The van der Waals surface area contributed by atoms with Gasteiger partial charge in [-0.05, 0) is 31.4 Å². The van der Waals surface area contributed by atoms with Crippen molar-refractivity contribution < 1.29 is 4.52 Å². The van der Waals surface area contributed by atoms with Gasteiger partial charge in [0.15, 0.2) is 7.49 Å². The highest BCUT2D eigenvalue weighted by Gasteiger charge is 2.40. The van der Waals surface area contributed by atoms with E-state index in [9.17, 15) is 0 Å². The molecular weight excluding hydrogens is 263 g/mol. The van der Waals surface area contributed by atoms with E-state index >= 15 is 0 Å². The Labute approximate surface area is 126 Å². The summed E-state index contributed by atoms with van der Waals surface area (Å²) in [6.45, 7) is 7.74. The molecule has 0 radical (unpaired) electrons. The molecular formula is C18H32OP+. The lowest BCUT2D eigenvalue weighted by Crippen LogP contribution is -2.21. The summed E-state index contributed by atoms with van der Waals surface area (Å²) in [5.41, 5.74) is 0. The van der Waals surface area contributed by atoms with Crippen LogP contribution in [0.1, 0.15) is 59.3 Å². The molecule has 2 heteroatoms. The summed E-state index contributed by atoms with van der Waals surface area (Å²) < 4.78 is 6.57. The minimum Gasteiger partial charge on any atom is -0.233 e. The third-order valence-electron chi connectivity index (χ3n) is 3.81. The maximum Gasteiger partial charge on any atom is 0.177 e. The Morgan fingerprint density at radius 1 is 0.800 bits per heavy atom. The molecule has 0 N–H and O–H groups in total. The third kappa shape index (κ3) is 5.54. The molecule has 0 heterocycles. The van der Waals surface area contributed by atoms with E-state index < -0.39 is 7.49 Å². The molecule has 1 nitrogen and oxygen atoms in total. The van der Waals surface area contributed by atoms with Crippen LogP contribution in [0, 0.1) is 0 Å². The van der Waals surface area contributed by atoms with Crippen molar-refractivity contribution in [2.75, 3.05) is 18.9 Å². The third-order valence-corrected chi connectivity index (χ3v) is 7.80. The van der Waals surface area contributed by atoms with Crippen LogP contribution >= 0.6 is 7.49 Å². The minimum atomic E-state index is -1.41. The van der Waals surface area contributed by atoms with Gasteiger partial charge in [-0.2, -0.15) is 0 Å². The molecule has 114 valence electrons. The second-order valence-corrected chi connectivity index (χ2v) is 9.01. The fourth-order valence-corrected chi connectivity index (χ4v) is 6.48. The van der Waals surface area contributed by atoms with Gasteiger partial charge in [0.2, 0.25) is 0 Å². The molecule has 0 aromatic heterocycles. The zero-order chi connectivity index (χ0) is 14.7. The molecule has 0 bridgehead atoms. The molecule has 0 saturated heterocycles. The summed E-state index contributed by atoms with van der Waals surface area (Å²) in [4.78, 5) is 0. The van der Waals surface area contributed by atoms with Crippen LogP contribution in [0.15, 0.2) is 30.3 Å². The quantitative estimate of drug-likeness (QED) is 0.378. The van der Waals surface area contributed by atoms with Crippen LogP contribution in [0.4, 0.5) is 0 Å². The van der Waals surface area contributed by atoms with E-state index in [1.165, 1.54) is 56.2 Å². The van der Waals surface area contributed by atoms with Crippen LogP contribution in [-0.2, 0) is 4.52 Å². The average molecular weight is 295 g/mol. The van der Waals surface area contributed by atoms with Gasteiger partial charge in [0.05, 0.1) is 18.9 Å². The van der Waals surface area contributed by atoms with Crippen molar-refractivity contribution >= 4 is 12.8 Å². The zero-order valence-corrected chi connectivity index (χ0v) is 14.5. The van der Waals surface area contributed by atoms with Crippen LogP contribution in [0.5, 0.6) is 0 Å². The lowest BCUT2D eigenvalue weighted by Gasteiger charge is -2.26. The molecule has 0 atom stereocenters. The van der Waals surface area contributed by atoms with E-state index in [1.54, 1.807) is 0 Å². The standard InChI is InChI=1S/C18H32OP/c1-4-7-15-19-20(16-8-5-2,17-9-6-3)18-13-11-10-12-14-18/h10-14H,4-9,15-17H2,1-3H3/q+1. The first-order chi connectivity index (χ1) is 9.79. The smallest absolute Gasteiger partial charge is 0.177 e. The summed E-state index contributed by atoms with van der Waals surface area (Å²) in [5.74, 6) is 0. The molecule has 20 heavy (non-hydrogen) atoms. The molecule has 0 aliphatic carbocycles. The number of rotatable bonds is 11.